The molecule has 1 aromatic heterocycles. The van der Waals surface area contributed by atoms with E-state index in [0.717, 1.165) is 18.5 Å². The number of hydrogen-bond acceptors (Lipinski definition) is 4. The second-order valence-electron chi connectivity index (χ2n) is 3.14. The first-order chi connectivity index (χ1) is 6.54. The highest BCUT2D eigenvalue weighted by molar-refractivity contribution is 8.06. The van der Waals surface area contributed by atoms with E-state index in [-0.39, 0.29) is 5.88 Å². The van der Waals surface area contributed by atoms with Crippen molar-refractivity contribution < 1.29 is 14.3 Å². The molecule has 2 rings (SSSR count). The lowest BCUT2D eigenvalue weighted by atomic mass is 10.3. The van der Waals surface area contributed by atoms with Gasteiger partial charge >= 0.3 is 6.72 Å². The van der Waals surface area contributed by atoms with Crippen molar-refractivity contribution in [2.45, 2.75) is 18.8 Å². The predicted octanol–water partition coefficient (Wildman–Crippen LogP) is 0.942. The molecule has 1 aromatic rings. The standard InChI is InChI=1S/C7H9N2O3PS/c10-13(11,14)12-7-3-6(5-1-2-5)8-4-9-7/h3-5H,1-2H2,(H2,10,11,14). The van der Waals surface area contributed by atoms with Gasteiger partial charge in [-0.1, -0.05) is 0 Å². The highest BCUT2D eigenvalue weighted by Gasteiger charge is 2.25. The molecule has 0 aromatic carbocycles. The average molecular weight is 232 g/mol. The van der Waals surface area contributed by atoms with Crippen LogP contribution in [0.25, 0.3) is 0 Å². The topological polar surface area (TPSA) is 75.5 Å². The molecule has 2 N–H and O–H groups in total. The third-order valence-corrected chi connectivity index (χ3v) is 2.52. The van der Waals surface area contributed by atoms with E-state index in [1.165, 1.54) is 6.33 Å². The normalized spacial score (nSPS) is 16.7. The van der Waals surface area contributed by atoms with Crippen molar-refractivity contribution in [3.63, 3.8) is 0 Å². The Hall–Kier alpha value is -0.550. The van der Waals surface area contributed by atoms with E-state index in [1.54, 1.807) is 6.07 Å². The molecule has 14 heavy (non-hydrogen) atoms. The van der Waals surface area contributed by atoms with Gasteiger partial charge in [-0.15, -0.1) is 0 Å². The molecule has 1 saturated carbocycles. The molecule has 76 valence electrons. The van der Waals surface area contributed by atoms with E-state index in [9.17, 15) is 0 Å². The van der Waals surface area contributed by atoms with Crippen molar-refractivity contribution in [2.75, 3.05) is 0 Å². The van der Waals surface area contributed by atoms with Gasteiger partial charge in [0.2, 0.25) is 5.88 Å². The summed E-state index contributed by atoms with van der Waals surface area (Å²) in [6, 6.07) is 1.60. The molecule has 1 aliphatic rings. The Morgan fingerprint density at radius 2 is 2.14 bits per heavy atom. The largest absolute Gasteiger partial charge is 0.406 e. The van der Waals surface area contributed by atoms with Gasteiger partial charge in [-0.2, -0.15) is 0 Å². The molecule has 1 fully saturated rings. The van der Waals surface area contributed by atoms with Crippen LogP contribution in [0.5, 0.6) is 5.88 Å². The minimum Gasteiger partial charge on any atom is -0.406 e. The quantitative estimate of drug-likeness (QED) is 0.755. The average Bonchev–Trinajstić information content (AvgIpc) is 2.83. The van der Waals surface area contributed by atoms with Crippen LogP contribution >= 0.6 is 6.72 Å². The number of hydrogen-bond donors (Lipinski definition) is 2. The number of aromatic nitrogens is 2. The second kappa shape index (κ2) is 3.55. The summed E-state index contributed by atoms with van der Waals surface area (Å²) in [7, 11) is 0. The van der Waals surface area contributed by atoms with Crippen LogP contribution in [0.15, 0.2) is 12.4 Å². The lowest BCUT2D eigenvalue weighted by Crippen LogP contribution is -1.95. The number of nitrogens with zero attached hydrogens (tertiary/aromatic N) is 2. The van der Waals surface area contributed by atoms with Gasteiger partial charge in [-0.25, -0.2) is 9.97 Å². The van der Waals surface area contributed by atoms with E-state index in [1.807, 2.05) is 0 Å². The molecule has 0 aliphatic heterocycles. The maximum absolute atomic E-state index is 8.92. The van der Waals surface area contributed by atoms with E-state index < -0.39 is 6.72 Å². The first kappa shape index (κ1) is 9.98. The molecular formula is C7H9N2O3PS. The summed E-state index contributed by atoms with van der Waals surface area (Å²) in [5.41, 5.74) is 0.874. The zero-order chi connectivity index (χ0) is 10.2. The van der Waals surface area contributed by atoms with E-state index in [2.05, 4.69) is 21.8 Å². The van der Waals surface area contributed by atoms with Crippen molar-refractivity contribution in [1.82, 2.24) is 9.97 Å². The van der Waals surface area contributed by atoms with Crippen molar-refractivity contribution in [2.24, 2.45) is 0 Å². The van der Waals surface area contributed by atoms with Gasteiger partial charge in [-0.05, 0) is 12.8 Å². The maximum Gasteiger partial charge on any atom is 0.376 e. The Balaban J connectivity index is 2.17. The summed E-state index contributed by atoms with van der Waals surface area (Å²) in [4.78, 5) is 25.6. The minimum atomic E-state index is -3.67. The lowest BCUT2D eigenvalue weighted by Gasteiger charge is -2.08. The van der Waals surface area contributed by atoms with Gasteiger partial charge < -0.3 is 14.3 Å². The first-order valence-electron chi connectivity index (χ1n) is 4.12. The van der Waals surface area contributed by atoms with Crippen LogP contribution in [0.4, 0.5) is 0 Å². The van der Waals surface area contributed by atoms with E-state index in [0.29, 0.717) is 5.92 Å². The van der Waals surface area contributed by atoms with Crippen molar-refractivity contribution >= 4 is 18.5 Å². The molecule has 0 atom stereocenters. The van der Waals surface area contributed by atoms with Crippen LogP contribution in [0.2, 0.25) is 0 Å². The first-order valence-corrected chi connectivity index (χ1v) is 6.74. The van der Waals surface area contributed by atoms with Crippen molar-refractivity contribution in [3.8, 4) is 5.88 Å². The van der Waals surface area contributed by atoms with Crippen LogP contribution < -0.4 is 4.52 Å². The van der Waals surface area contributed by atoms with Crippen molar-refractivity contribution in [1.29, 1.82) is 0 Å². The summed E-state index contributed by atoms with van der Waals surface area (Å²) in [5, 5.41) is 0. The lowest BCUT2D eigenvalue weighted by molar-refractivity contribution is 0.364. The van der Waals surface area contributed by atoms with Crippen LogP contribution in [0.3, 0.4) is 0 Å². The van der Waals surface area contributed by atoms with Crippen LogP contribution in [0.1, 0.15) is 24.5 Å². The fourth-order valence-corrected chi connectivity index (χ4v) is 1.70. The maximum atomic E-state index is 8.92. The molecular weight excluding hydrogens is 223 g/mol. The van der Waals surface area contributed by atoms with Gasteiger partial charge in [-0.3, -0.25) is 0 Å². The zero-order valence-corrected chi connectivity index (χ0v) is 8.91. The van der Waals surface area contributed by atoms with Crippen LogP contribution in [0, 0.1) is 0 Å². The monoisotopic (exact) mass is 232 g/mol. The van der Waals surface area contributed by atoms with Gasteiger partial charge in [0.15, 0.2) is 0 Å². The SMILES string of the molecule is OP(O)(=S)Oc1cc(C2CC2)ncn1. The molecule has 1 heterocycles. The van der Waals surface area contributed by atoms with E-state index in [4.69, 9.17) is 14.3 Å². The highest BCUT2D eigenvalue weighted by atomic mass is 32.5. The Labute approximate surface area is 86.0 Å². The summed E-state index contributed by atoms with van der Waals surface area (Å²) < 4.78 is 4.71. The van der Waals surface area contributed by atoms with Gasteiger partial charge in [0.05, 0.1) is 5.69 Å². The molecule has 0 amide bonds. The fourth-order valence-electron chi connectivity index (χ4n) is 1.13. The molecule has 0 radical (unpaired) electrons. The van der Waals surface area contributed by atoms with Crippen molar-refractivity contribution in [3.05, 3.63) is 18.1 Å². The van der Waals surface area contributed by atoms with Gasteiger partial charge in [0.25, 0.3) is 0 Å². The second-order valence-corrected chi connectivity index (χ2v) is 5.73. The van der Waals surface area contributed by atoms with E-state index >= 15 is 0 Å². The third-order valence-electron chi connectivity index (χ3n) is 1.87. The Morgan fingerprint density at radius 3 is 2.71 bits per heavy atom. The number of rotatable bonds is 3. The zero-order valence-electron chi connectivity index (χ0n) is 7.20. The van der Waals surface area contributed by atoms with Gasteiger partial charge in [0, 0.05) is 23.8 Å². The predicted molar refractivity (Wildman–Crippen MR) is 53.4 cm³/mol. The molecule has 7 heteroatoms. The minimum absolute atomic E-state index is 0.134. The summed E-state index contributed by atoms with van der Waals surface area (Å²) in [5.74, 6) is 0.603. The molecule has 5 nitrogen and oxygen atoms in total. The highest BCUT2D eigenvalue weighted by Crippen LogP contribution is 2.41. The Morgan fingerprint density at radius 1 is 1.43 bits per heavy atom. The van der Waals surface area contributed by atoms with Gasteiger partial charge in [0.1, 0.15) is 6.33 Å². The molecule has 0 unspecified atom stereocenters. The Bertz CT molecular complexity index is 390. The van der Waals surface area contributed by atoms with Crippen LogP contribution in [-0.4, -0.2) is 19.8 Å². The third kappa shape index (κ3) is 2.72. The summed E-state index contributed by atoms with van der Waals surface area (Å²) in [6.07, 6.45) is 3.57. The molecule has 0 bridgehead atoms. The molecule has 0 spiro atoms. The fraction of sp³-hybridized carbons (Fsp3) is 0.429. The van der Waals surface area contributed by atoms with Crippen LogP contribution in [-0.2, 0) is 11.8 Å². The smallest absolute Gasteiger partial charge is 0.376 e. The molecule has 0 saturated heterocycles. The summed E-state index contributed by atoms with van der Waals surface area (Å²) >= 11 is 4.33. The summed E-state index contributed by atoms with van der Waals surface area (Å²) in [6.45, 7) is -3.67. The molecule has 1 aliphatic carbocycles. The Kier molecular flexibility index (Phi) is 2.53.